The van der Waals surface area contributed by atoms with Crippen LogP contribution in [0.3, 0.4) is 0 Å². The van der Waals surface area contributed by atoms with Gasteiger partial charge in [-0.3, -0.25) is 4.79 Å². The first kappa shape index (κ1) is 25.5. The number of carboxylic acid groups (broad SMARTS) is 1. The van der Waals surface area contributed by atoms with Gasteiger partial charge in [0.25, 0.3) is 5.91 Å². The van der Waals surface area contributed by atoms with Gasteiger partial charge in [-0.05, 0) is 12.5 Å². The molecule has 2 aromatic carbocycles. The molecule has 1 amide bonds. The van der Waals surface area contributed by atoms with Crippen LogP contribution in [0.1, 0.15) is 20.7 Å². The Morgan fingerprint density at radius 3 is 1.66 bits per heavy atom. The Kier molecular flexibility index (Phi) is 6.67. The molecule has 0 unspecified atom stereocenters. The number of nitrogens with two attached hydrogens (primary N) is 1. The lowest BCUT2D eigenvalue weighted by atomic mass is 10.1. The number of nitrogens with zero attached hydrogens (tertiary/aromatic N) is 6. The van der Waals surface area contributed by atoms with Gasteiger partial charge >= 0.3 is 5.97 Å². The molecule has 0 radical (unpaired) electrons. The molecular formula is C26H23N7O3S2. The fourth-order valence-electron chi connectivity index (χ4n) is 4.50. The number of aryl methyl sites for hydroxylation is 2. The second-order valence-corrected chi connectivity index (χ2v) is 10.0. The first-order chi connectivity index (χ1) is 18.2. The van der Waals surface area contributed by atoms with Crippen LogP contribution in [-0.2, 0) is 14.1 Å². The van der Waals surface area contributed by atoms with Crippen molar-refractivity contribution in [3.8, 4) is 0 Å². The lowest BCUT2D eigenvalue weighted by Crippen LogP contribution is -2.10. The largest absolute Gasteiger partial charge is 0.478 e. The van der Waals surface area contributed by atoms with Crippen molar-refractivity contribution in [2.45, 2.75) is 10.3 Å². The minimum atomic E-state index is -0.927. The van der Waals surface area contributed by atoms with Crippen LogP contribution in [0.4, 0.5) is 0 Å². The van der Waals surface area contributed by atoms with Crippen LogP contribution in [-0.4, -0.2) is 58.6 Å². The average Bonchev–Trinajstić information content (AvgIpc) is 3.45. The van der Waals surface area contributed by atoms with Crippen molar-refractivity contribution in [3.05, 3.63) is 60.2 Å². The molecule has 0 saturated carbocycles. The first-order valence-electron chi connectivity index (χ1n) is 11.3. The maximum absolute atomic E-state index is 11.5. The summed E-state index contributed by atoms with van der Waals surface area (Å²) >= 11 is 2.95. The summed E-state index contributed by atoms with van der Waals surface area (Å²) in [7, 11) is 3.71. The molecule has 0 atom stereocenters. The summed E-state index contributed by atoms with van der Waals surface area (Å²) in [5.41, 5.74) is 9.57. The summed E-state index contributed by atoms with van der Waals surface area (Å²) in [4.78, 5) is 40.2. The normalized spacial score (nSPS) is 11.3. The highest BCUT2D eigenvalue weighted by Gasteiger charge is 2.16. The fourth-order valence-corrected chi connectivity index (χ4v) is 5.18. The molecule has 4 heterocycles. The lowest BCUT2D eigenvalue weighted by Gasteiger charge is -2.03. The smallest absolute Gasteiger partial charge is 0.337 e. The number of benzene rings is 2. The molecule has 0 aliphatic carbocycles. The Balaban J connectivity index is 0.000000155. The SMILES string of the molecule is CSc1ncc2ccc3c(C(=O)O)cn(C)c3c2n1.CSc1ncc2ccc3c(C(N)=O)cn(C)c3c2n1. The van der Waals surface area contributed by atoms with E-state index in [1.807, 2.05) is 55.4 Å². The summed E-state index contributed by atoms with van der Waals surface area (Å²) < 4.78 is 3.69. The van der Waals surface area contributed by atoms with Crippen LogP contribution >= 0.6 is 23.5 Å². The third kappa shape index (κ3) is 4.31. The van der Waals surface area contributed by atoms with E-state index in [1.165, 1.54) is 23.5 Å². The number of fused-ring (bicyclic) bond motifs is 6. The van der Waals surface area contributed by atoms with Crippen LogP contribution in [0, 0.1) is 0 Å². The molecule has 0 aliphatic heterocycles. The highest BCUT2D eigenvalue weighted by atomic mass is 32.2. The molecule has 6 aromatic rings. The number of hydrogen-bond acceptors (Lipinski definition) is 8. The summed E-state index contributed by atoms with van der Waals surface area (Å²) in [5.74, 6) is -1.35. The molecule has 12 heteroatoms. The Morgan fingerprint density at radius 1 is 0.789 bits per heavy atom. The molecule has 10 nitrogen and oxygen atoms in total. The lowest BCUT2D eigenvalue weighted by molar-refractivity contribution is 0.0698. The Hall–Kier alpha value is -4.16. The van der Waals surface area contributed by atoms with Crippen LogP contribution in [0.25, 0.3) is 43.6 Å². The maximum Gasteiger partial charge on any atom is 0.337 e. The van der Waals surface area contributed by atoms with Crippen molar-refractivity contribution < 1.29 is 14.7 Å². The van der Waals surface area contributed by atoms with Gasteiger partial charge in [0.2, 0.25) is 0 Å². The molecule has 6 rings (SSSR count). The van der Waals surface area contributed by atoms with Gasteiger partial charge in [-0.1, -0.05) is 47.8 Å². The number of primary amides is 1. The third-order valence-corrected chi connectivity index (χ3v) is 7.32. The molecule has 0 fully saturated rings. The van der Waals surface area contributed by atoms with Crippen molar-refractivity contribution in [2.24, 2.45) is 19.8 Å². The fraction of sp³-hybridized carbons (Fsp3) is 0.154. The molecule has 0 spiro atoms. The standard InChI is InChI=1S/C13H12N4OS.C13H11N3O2S/c1-17-6-9(12(14)18)8-4-3-7-5-15-13(19-2)16-10(7)11(8)17;1-16-6-9(12(17)18)8-4-3-7-5-14-13(19-2)15-10(7)11(8)16/h3-6H,1-2H3,(H2,14,18);3-6H,1-2H3,(H,17,18). The molecule has 192 valence electrons. The number of carbonyl (C=O) groups is 2. The van der Waals surface area contributed by atoms with E-state index in [0.29, 0.717) is 26.8 Å². The van der Waals surface area contributed by atoms with E-state index >= 15 is 0 Å². The van der Waals surface area contributed by atoms with Crippen LogP contribution < -0.4 is 5.73 Å². The van der Waals surface area contributed by atoms with Gasteiger partial charge in [-0.15, -0.1) is 0 Å². The van der Waals surface area contributed by atoms with E-state index in [2.05, 4.69) is 19.9 Å². The van der Waals surface area contributed by atoms with E-state index < -0.39 is 11.9 Å². The molecule has 0 bridgehead atoms. The van der Waals surface area contributed by atoms with Gasteiger partial charge in [0.05, 0.1) is 33.2 Å². The number of carbonyl (C=O) groups excluding carboxylic acids is 1. The molecular weight excluding hydrogens is 522 g/mol. The Morgan fingerprint density at radius 2 is 1.24 bits per heavy atom. The Labute approximate surface area is 225 Å². The second kappa shape index (κ2) is 9.95. The van der Waals surface area contributed by atoms with Gasteiger partial charge in [0.15, 0.2) is 10.3 Å². The molecule has 38 heavy (non-hydrogen) atoms. The van der Waals surface area contributed by atoms with Gasteiger partial charge < -0.3 is 20.0 Å². The van der Waals surface area contributed by atoms with E-state index in [0.717, 1.165) is 38.2 Å². The number of thioether (sulfide) groups is 2. The number of amides is 1. The summed E-state index contributed by atoms with van der Waals surface area (Å²) in [6.07, 6.45) is 10.8. The van der Waals surface area contributed by atoms with Crippen molar-refractivity contribution in [1.82, 2.24) is 29.1 Å². The van der Waals surface area contributed by atoms with E-state index in [-0.39, 0.29) is 0 Å². The van der Waals surface area contributed by atoms with Crippen LogP contribution in [0.2, 0.25) is 0 Å². The monoisotopic (exact) mass is 545 g/mol. The van der Waals surface area contributed by atoms with Crippen molar-refractivity contribution >= 4 is 79.0 Å². The van der Waals surface area contributed by atoms with Crippen molar-refractivity contribution in [1.29, 1.82) is 0 Å². The quantitative estimate of drug-likeness (QED) is 0.242. The number of aromatic carboxylic acids is 1. The number of aromatic nitrogens is 6. The van der Waals surface area contributed by atoms with E-state index in [1.54, 1.807) is 29.4 Å². The van der Waals surface area contributed by atoms with Crippen molar-refractivity contribution in [2.75, 3.05) is 12.5 Å². The van der Waals surface area contributed by atoms with Gasteiger partial charge in [0, 0.05) is 60.4 Å². The van der Waals surface area contributed by atoms with Crippen molar-refractivity contribution in [3.63, 3.8) is 0 Å². The molecule has 0 saturated heterocycles. The summed E-state index contributed by atoms with van der Waals surface area (Å²) in [6, 6.07) is 7.46. The zero-order valence-electron chi connectivity index (χ0n) is 21.0. The van der Waals surface area contributed by atoms with E-state index in [4.69, 9.17) is 5.73 Å². The van der Waals surface area contributed by atoms with Gasteiger partial charge in [-0.25, -0.2) is 24.7 Å². The van der Waals surface area contributed by atoms with E-state index in [9.17, 15) is 14.7 Å². The molecule has 0 aliphatic rings. The minimum Gasteiger partial charge on any atom is -0.478 e. The predicted octanol–water partition coefficient (Wildman–Crippen LogP) is 4.48. The Bertz CT molecular complexity index is 1760. The average molecular weight is 546 g/mol. The van der Waals surface area contributed by atoms with Crippen LogP contribution in [0.5, 0.6) is 0 Å². The number of rotatable bonds is 4. The highest BCUT2D eigenvalue weighted by Crippen LogP contribution is 2.29. The molecule has 3 N–H and O–H groups in total. The summed E-state index contributed by atoms with van der Waals surface area (Å²) in [5, 5.41) is 14.0. The third-order valence-electron chi connectivity index (χ3n) is 6.20. The number of carboxylic acids is 1. The van der Waals surface area contributed by atoms with Gasteiger partial charge in [-0.2, -0.15) is 0 Å². The maximum atomic E-state index is 11.5. The second-order valence-electron chi connectivity index (χ2n) is 8.49. The van der Waals surface area contributed by atoms with Crippen LogP contribution in [0.15, 0.2) is 59.4 Å². The minimum absolute atomic E-state index is 0.295. The topological polar surface area (TPSA) is 142 Å². The predicted molar refractivity (Wildman–Crippen MR) is 151 cm³/mol. The van der Waals surface area contributed by atoms with Gasteiger partial charge in [0.1, 0.15) is 0 Å². The summed E-state index contributed by atoms with van der Waals surface area (Å²) in [6.45, 7) is 0. The zero-order chi connectivity index (χ0) is 27.1. The first-order valence-corrected chi connectivity index (χ1v) is 13.8. The highest BCUT2D eigenvalue weighted by molar-refractivity contribution is 7.98. The number of hydrogen-bond donors (Lipinski definition) is 2. The molecule has 4 aromatic heterocycles. The zero-order valence-corrected chi connectivity index (χ0v) is 22.6.